The molecule has 1 aromatic heterocycles. The molecule has 2 aliphatic carbocycles. The molecule has 0 aliphatic heterocycles. The number of rotatable bonds is 6. The van der Waals surface area contributed by atoms with Gasteiger partial charge in [-0.25, -0.2) is 4.98 Å². The molecule has 0 unspecified atom stereocenters. The number of carbonyl (C=O) groups excluding carboxylic acids is 1. The highest BCUT2D eigenvalue weighted by molar-refractivity contribution is 8.01. The van der Waals surface area contributed by atoms with Gasteiger partial charge in [-0.05, 0) is 60.5 Å². The molecule has 0 saturated heterocycles. The van der Waals surface area contributed by atoms with E-state index in [1.54, 1.807) is 23.3 Å². The molecule has 1 heterocycles. The normalized spacial score (nSPS) is 17.8. The number of nitrogens with one attached hydrogen (secondary N) is 2. The molecule has 1 amide bonds. The van der Waals surface area contributed by atoms with Crippen LogP contribution < -0.4 is 10.0 Å². The lowest BCUT2D eigenvalue weighted by Crippen LogP contribution is -2.35. The summed E-state index contributed by atoms with van der Waals surface area (Å²) in [5, 5.41) is 9.21. The second kappa shape index (κ2) is 6.28. The van der Waals surface area contributed by atoms with E-state index in [0.717, 1.165) is 39.7 Å². The van der Waals surface area contributed by atoms with Crippen LogP contribution in [0.1, 0.15) is 41.7 Å². The Labute approximate surface area is 160 Å². The third kappa shape index (κ3) is 3.19. The number of fused-ring (bicyclic) bond motifs is 1. The van der Waals surface area contributed by atoms with E-state index in [4.69, 9.17) is 4.98 Å². The van der Waals surface area contributed by atoms with E-state index >= 15 is 0 Å². The van der Waals surface area contributed by atoms with E-state index in [1.165, 1.54) is 12.8 Å². The molecule has 2 N–H and O–H groups in total. The van der Waals surface area contributed by atoms with E-state index in [2.05, 4.69) is 21.5 Å². The lowest BCUT2D eigenvalue weighted by atomic mass is 10.1. The molecule has 0 radical (unpaired) electrons. The van der Waals surface area contributed by atoms with Crippen LogP contribution in [0.4, 0.5) is 5.13 Å². The van der Waals surface area contributed by atoms with Crippen LogP contribution >= 0.6 is 23.3 Å². The molecule has 2 saturated carbocycles. The Bertz CT molecular complexity index is 976. The summed E-state index contributed by atoms with van der Waals surface area (Å²) in [5.41, 5.74) is 1.40. The van der Waals surface area contributed by atoms with E-state index in [1.807, 2.05) is 36.4 Å². The SMILES string of the molecule is O=C(NC1(c2csc(NSC3CC3)n2)CC1)c1ccc2ccccc2c1. The molecule has 5 rings (SSSR count). The van der Waals surface area contributed by atoms with Gasteiger partial charge in [0.05, 0.1) is 11.2 Å². The van der Waals surface area contributed by atoms with Gasteiger partial charge in [-0.15, -0.1) is 11.3 Å². The van der Waals surface area contributed by atoms with Crippen molar-refractivity contribution < 1.29 is 4.79 Å². The summed E-state index contributed by atoms with van der Waals surface area (Å²) in [6, 6.07) is 14.0. The maximum absolute atomic E-state index is 12.8. The van der Waals surface area contributed by atoms with Crippen LogP contribution in [0.25, 0.3) is 10.8 Å². The highest BCUT2D eigenvalue weighted by Gasteiger charge is 2.47. The molecule has 2 fully saturated rings. The fourth-order valence-electron chi connectivity index (χ4n) is 3.05. The third-order valence-corrected chi connectivity index (χ3v) is 6.95. The number of nitrogens with zero attached hydrogens (tertiary/aromatic N) is 1. The molecule has 0 atom stereocenters. The van der Waals surface area contributed by atoms with Gasteiger partial charge in [-0.2, -0.15) is 0 Å². The first-order valence-electron chi connectivity index (χ1n) is 8.91. The van der Waals surface area contributed by atoms with E-state index in [-0.39, 0.29) is 11.4 Å². The maximum atomic E-state index is 12.8. The molecule has 4 nitrogen and oxygen atoms in total. The lowest BCUT2D eigenvalue weighted by molar-refractivity contribution is 0.0930. The minimum Gasteiger partial charge on any atom is -0.341 e. The summed E-state index contributed by atoms with van der Waals surface area (Å²) >= 11 is 3.38. The largest absolute Gasteiger partial charge is 0.341 e. The van der Waals surface area contributed by atoms with Crippen molar-refractivity contribution >= 4 is 45.1 Å². The van der Waals surface area contributed by atoms with Gasteiger partial charge in [0.1, 0.15) is 0 Å². The van der Waals surface area contributed by atoms with Crippen LogP contribution in [0.3, 0.4) is 0 Å². The van der Waals surface area contributed by atoms with Gasteiger partial charge in [0.15, 0.2) is 5.13 Å². The molecule has 26 heavy (non-hydrogen) atoms. The van der Waals surface area contributed by atoms with Crippen molar-refractivity contribution in [3.05, 3.63) is 59.1 Å². The molecule has 2 aromatic carbocycles. The van der Waals surface area contributed by atoms with Gasteiger partial charge in [0, 0.05) is 16.2 Å². The minimum atomic E-state index is -0.288. The standard InChI is InChI=1S/C20H19N3OS2/c24-18(15-6-5-13-3-1-2-4-14(13)11-15)22-20(9-10-20)17-12-25-19(21-17)23-26-16-7-8-16/h1-6,11-12,16H,7-10H2,(H,21,23)(H,22,24). The average molecular weight is 382 g/mol. The van der Waals surface area contributed by atoms with E-state index in [9.17, 15) is 4.79 Å². The van der Waals surface area contributed by atoms with Gasteiger partial charge in [0.25, 0.3) is 5.91 Å². The lowest BCUT2D eigenvalue weighted by Gasteiger charge is -2.15. The fraction of sp³-hybridized carbons (Fsp3) is 0.300. The Morgan fingerprint density at radius 2 is 1.96 bits per heavy atom. The van der Waals surface area contributed by atoms with Crippen LogP contribution in [-0.4, -0.2) is 16.1 Å². The summed E-state index contributed by atoms with van der Waals surface area (Å²) in [5.74, 6) is -0.0249. The molecular weight excluding hydrogens is 362 g/mol. The highest BCUT2D eigenvalue weighted by atomic mass is 32.2. The molecular formula is C20H19N3OS2. The number of hydrogen-bond donors (Lipinski definition) is 2. The fourth-order valence-corrected chi connectivity index (χ4v) is 4.72. The Kier molecular flexibility index (Phi) is 3.90. The minimum absolute atomic E-state index is 0.0249. The number of carbonyl (C=O) groups is 1. The summed E-state index contributed by atoms with van der Waals surface area (Å²) in [6.07, 6.45) is 4.49. The van der Waals surface area contributed by atoms with Crippen molar-refractivity contribution in [2.45, 2.75) is 36.5 Å². The van der Waals surface area contributed by atoms with Crippen molar-refractivity contribution in [3.8, 4) is 0 Å². The number of hydrogen-bond acceptors (Lipinski definition) is 5. The Balaban J connectivity index is 1.31. The first kappa shape index (κ1) is 16.1. The zero-order valence-electron chi connectivity index (χ0n) is 14.2. The van der Waals surface area contributed by atoms with E-state index in [0.29, 0.717) is 5.56 Å². The van der Waals surface area contributed by atoms with E-state index < -0.39 is 0 Å². The van der Waals surface area contributed by atoms with Gasteiger partial charge < -0.3 is 10.0 Å². The first-order chi connectivity index (χ1) is 12.7. The Morgan fingerprint density at radius 1 is 1.15 bits per heavy atom. The van der Waals surface area contributed by atoms with Gasteiger partial charge >= 0.3 is 0 Å². The topological polar surface area (TPSA) is 54.0 Å². The number of amides is 1. The number of benzene rings is 2. The predicted molar refractivity (Wildman–Crippen MR) is 109 cm³/mol. The summed E-state index contributed by atoms with van der Waals surface area (Å²) < 4.78 is 3.34. The molecule has 3 aromatic rings. The number of thiazole rings is 1. The molecule has 2 aliphatic rings. The Morgan fingerprint density at radius 3 is 2.73 bits per heavy atom. The summed E-state index contributed by atoms with van der Waals surface area (Å²) in [7, 11) is 0. The zero-order valence-corrected chi connectivity index (χ0v) is 15.8. The Hall–Kier alpha value is -2.05. The smallest absolute Gasteiger partial charge is 0.252 e. The average Bonchev–Trinajstić information content (AvgIpc) is 3.60. The number of anilines is 1. The summed E-state index contributed by atoms with van der Waals surface area (Å²) in [4.78, 5) is 17.5. The van der Waals surface area contributed by atoms with Crippen molar-refractivity contribution in [2.24, 2.45) is 0 Å². The molecule has 0 bridgehead atoms. The molecule has 132 valence electrons. The van der Waals surface area contributed by atoms with Crippen LogP contribution in [-0.2, 0) is 5.54 Å². The van der Waals surface area contributed by atoms with Crippen LogP contribution in [0.5, 0.6) is 0 Å². The van der Waals surface area contributed by atoms with Crippen molar-refractivity contribution in [1.82, 2.24) is 10.3 Å². The molecule has 0 spiro atoms. The van der Waals surface area contributed by atoms with Gasteiger partial charge in [0.2, 0.25) is 0 Å². The maximum Gasteiger partial charge on any atom is 0.252 e. The first-order valence-corrected chi connectivity index (χ1v) is 10.7. The highest BCUT2D eigenvalue weighted by Crippen LogP contribution is 2.46. The van der Waals surface area contributed by atoms with Gasteiger partial charge in [-0.1, -0.05) is 30.3 Å². The second-order valence-electron chi connectivity index (χ2n) is 7.06. The molecule has 6 heteroatoms. The second-order valence-corrected chi connectivity index (χ2v) is 9.02. The summed E-state index contributed by atoms with van der Waals surface area (Å²) in [6.45, 7) is 0. The predicted octanol–water partition coefficient (Wildman–Crippen LogP) is 4.94. The van der Waals surface area contributed by atoms with Gasteiger partial charge in [-0.3, -0.25) is 4.79 Å². The van der Waals surface area contributed by atoms with Crippen LogP contribution in [0.2, 0.25) is 0 Å². The van der Waals surface area contributed by atoms with Crippen molar-refractivity contribution in [2.75, 3.05) is 4.72 Å². The van der Waals surface area contributed by atoms with Crippen LogP contribution in [0, 0.1) is 0 Å². The van der Waals surface area contributed by atoms with Crippen molar-refractivity contribution in [3.63, 3.8) is 0 Å². The van der Waals surface area contributed by atoms with Crippen molar-refractivity contribution in [1.29, 1.82) is 0 Å². The zero-order chi connectivity index (χ0) is 17.6. The number of aromatic nitrogens is 1. The quantitative estimate of drug-likeness (QED) is 0.594. The third-order valence-electron chi connectivity index (χ3n) is 4.95. The monoisotopic (exact) mass is 381 g/mol. The van der Waals surface area contributed by atoms with Crippen LogP contribution in [0.15, 0.2) is 47.8 Å².